The number of amides is 1. The van der Waals surface area contributed by atoms with Gasteiger partial charge in [0, 0.05) is 12.8 Å². The summed E-state index contributed by atoms with van der Waals surface area (Å²) in [5.41, 5.74) is -0.981. The van der Waals surface area contributed by atoms with Crippen LogP contribution >= 0.6 is 0 Å². The van der Waals surface area contributed by atoms with E-state index in [4.69, 9.17) is 5.26 Å². The second-order valence-corrected chi connectivity index (χ2v) is 6.40. The van der Waals surface area contributed by atoms with Crippen LogP contribution in [0.4, 0.5) is 0 Å². The Labute approximate surface area is 103 Å². The zero-order chi connectivity index (χ0) is 13.5. The number of nitrogens with zero attached hydrogens (tertiary/aromatic N) is 1. The first-order chi connectivity index (χ1) is 7.81. The van der Waals surface area contributed by atoms with Crippen LogP contribution in [0.2, 0.25) is 0 Å². The van der Waals surface area contributed by atoms with E-state index in [2.05, 4.69) is 5.32 Å². The van der Waals surface area contributed by atoms with Crippen molar-refractivity contribution in [3.63, 3.8) is 0 Å². The number of sulfone groups is 1. The Morgan fingerprint density at radius 2 is 1.88 bits per heavy atom. The first-order valence-electron chi connectivity index (χ1n) is 5.68. The van der Waals surface area contributed by atoms with E-state index >= 15 is 0 Å². The molecule has 0 aromatic carbocycles. The van der Waals surface area contributed by atoms with Gasteiger partial charge in [-0.1, -0.05) is 13.8 Å². The van der Waals surface area contributed by atoms with Crippen LogP contribution in [-0.2, 0) is 14.6 Å². The molecule has 0 spiro atoms. The molecule has 0 radical (unpaired) electrons. The smallest absolute Gasteiger partial charge is 0.240 e. The predicted molar refractivity (Wildman–Crippen MR) is 66.0 cm³/mol. The Morgan fingerprint density at radius 3 is 2.24 bits per heavy atom. The van der Waals surface area contributed by atoms with Crippen LogP contribution in [0.25, 0.3) is 0 Å². The van der Waals surface area contributed by atoms with E-state index in [1.807, 2.05) is 6.07 Å². The van der Waals surface area contributed by atoms with Gasteiger partial charge in [-0.15, -0.1) is 0 Å². The van der Waals surface area contributed by atoms with E-state index in [0.29, 0.717) is 19.3 Å². The Balaban J connectivity index is 4.23. The molecule has 98 valence electrons. The molecule has 1 N–H and O–H groups in total. The molecule has 0 bridgehead atoms. The first kappa shape index (κ1) is 15.9. The Bertz CT molecular complexity index is 391. The van der Waals surface area contributed by atoms with Gasteiger partial charge in [0.15, 0.2) is 0 Å². The molecule has 0 aromatic rings. The van der Waals surface area contributed by atoms with Crippen LogP contribution in [0.5, 0.6) is 0 Å². The van der Waals surface area contributed by atoms with E-state index in [9.17, 15) is 13.2 Å². The van der Waals surface area contributed by atoms with Gasteiger partial charge in [-0.2, -0.15) is 5.26 Å². The molecular formula is C11H20N2O3S. The highest BCUT2D eigenvalue weighted by Crippen LogP contribution is 2.25. The van der Waals surface area contributed by atoms with Crippen molar-refractivity contribution >= 4 is 15.7 Å². The van der Waals surface area contributed by atoms with E-state index in [-0.39, 0.29) is 18.2 Å². The Hall–Kier alpha value is -1.09. The predicted octanol–water partition coefficient (Wildman–Crippen LogP) is 0.867. The molecule has 0 aliphatic heterocycles. The summed E-state index contributed by atoms with van der Waals surface area (Å²) in [7, 11) is -2.99. The third-order valence-corrected chi connectivity index (χ3v) is 3.86. The maximum Gasteiger partial charge on any atom is 0.240 e. The number of nitrogens with one attached hydrogen (secondary N) is 1. The van der Waals surface area contributed by atoms with Crippen LogP contribution in [0.3, 0.4) is 0 Å². The van der Waals surface area contributed by atoms with Gasteiger partial charge >= 0.3 is 0 Å². The average Bonchev–Trinajstić information content (AvgIpc) is 2.26. The normalized spacial score (nSPS) is 11.9. The molecule has 0 saturated carbocycles. The summed E-state index contributed by atoms with van der Waals surface area (Å²) in [5.74, 6) is -0.260. The summed E-state index contributed by atoms with van der Waals surface area (Å²) in [6.07, 6.45) is 2.45. The maximum absolute atomic E-state index is 11.8. The van der Waals surface area contributed by atoms with Gasteiger partial charge in [-0.05, 0) is 19.3 Å². The molecule has 6 heteroatoms. The van der Waals surface area contributed by atoms with Gasteiger partial charge in [0.2, 0.25) is 5.91 Å². The van der Waals surface area contributed by atoms with Gasteiger partial charge in [-0.25, -0.2) is 8.42 Å². The van der Waals surface area contributed by atoms with Crippen molar-refractivity contribution in [1.29, 1.82) is 5.26 Å². The lowest BCUT2D eigenvalue weighted by Gasteiger charge is -2.21. The van der Waals surface area contributed by atoms with E-state index in [1.54, 1.807) is 13.8 Å². The zero-order valence-corrected chi connectivity index (χ0v) is 11.4. The Morgan fingerprint density at radius 1 is 1.35 bits per heavy atom. The van der Waals surface area contributed by atoms with Gasteiger partial charge in [-0.3, -0.25) is 4.79 Å². The number of carbonyl (C=O) groups is 1. The fourth-order valence-electron chi connectivity index (χ4n) is 1.49. The van der Waals surface area contributed by atoms with Crippen molar-refractivity contribution in [3.05, 3.63) is 0 Å². The van der Waals surface area contributed by atoms with Crippen molar-refractivity contribution in [3.8, 4) is 6.07 Å². The lowest BCUT2D eigenvalue weighted by atomic mass is 9.83. The first-order valence-corrected chi connectivity index (χ1v) is 7.74. The highest BCUT2D eigenvalue weighted by atomic mass is 32.2. The summed E-state index contributed by atoms with van der Waals surface area (Å²) in [4.78, 5) is 11.8. The third kappa shape index (κ3) is 5.18. The highest BCUT2D eigenvalue weighted by Gasteiger charge is 2.34. The van der Waals surface area contributed by atoms with Crippen molar-refractivity contribution in [1.82, 2.24) is 5.32 Å². The van der Waals surface area contributed by atoms with Crippen molar-refractivity contribution in [2.24, 2.45) is 5.41 Å². The number of carbonyl (C=O) groups excluding carboxylic acids is 1. The van der Waals surface area contributed by atoms with Gasteiger partial charge in [0.25, 0.3) is 0 Å². The highest BCUT2D eigenvalue weighted by molar-refractivity contribution is 7.90. The second kappa shape index (κ2) is 6.60. The lowest BCUT2D eigenvalue weighted by molar-refractivity contribution is -0.128. The molecule has 1 amide bonds. The molecule has 0 aliphatic rings. The third-order valence-electron chi connectivity index (χ3n) is 2.83. The van der Waals surface area contributed by atoms with E-state index in [1.165, 1.54) is 0 Å². The number of hydrogen-bond acceptors (Lipinski definition) is 4. The summed E-state index contributed by atoms with van der Waals surface area (Å²) >= 11 is 0. The molecule has 0 atom stereocenters. The van der Waals surface area contributed by atoms with Gasteiger partial charge in [0.1, 0.15) is 15.3 Å². The molecule has 0 rings (SSSR count). The van der Waals surface area contributed by atoms with Crippen molar-refractivity contribution in [2.45, 2.75) is 33.1 Å². The maximum atomic E-state index is 11.8. The van der Waals surface area contributed by atoms with Crippen LogP contribution in [0.15, 0.2) is 0 Å². The quantitative estimate of drug-likeness (QED) is 0.688. The molecule has 0 aliphatic carbocycles. The zero-order valence-electron chi connectivity index (χ0n) is 10.6. The number of hydrogen-bond donors (Lipinski definition) is 1. The fraction of sp³-hybridized carbons (Fsp3) is 0.818. The summed E-state index contributed by atoms with van der Waals surface area (Å²) < 4.78 is 21.8. The Kier molecular flexibility index (Phi) is 6.18. The topological polar surface area (TPSA) is 87.0 Å². The van der Waals surface area contributed by atoms with Crippen LogP contribution < -0.4 is 5.32 Å². The minimum absolute atomic E-state index is 0.0467. The average molecular weight is 260 g/mol. The SMILES string of the molecule is CCC(C#N)(CC)C(=O)NCCCS(C)(=O)=O. The number of rotatable bonds is 7. The van der Waals surface area contributed by atoms with E-state index < -0.39 is 15.3 Å². The monoisotopic (exact) mass is 260 g/mol. The van der Waals surface area contributed by atoms with Crippen LogP contribution in [0.1, 0.15) is 33.1 Å². The molecule has 0 aromatic heterocycles. The molecule has 17 heavy (non-hydrogen) atoms. The van der Waals surface area contributed by atoms with Crippen molar-refractivity contribution in [2.75, 3.05) is 18.6 Å². The van der Waals surface area contributed by atoms with Crippen molar-refractivity contribution < 1.29 is 13.2 Å². The molecule has 5 nitrogen and oxygen atoms in total. The number of nitriles is 1. The summed E-state index contributed by atoms with van der Waals surface area (Å²) in [5, 5.41) is 11.6. The van der Waals surface area contributed by atoms with Crippen LogP contribution in [-0.4, -0.2) is 32.9 Å². The van der Waals surface area contributed by atoms with E-state index in [0.717, 1.165) is 6.26 Å². The summed E-state index contributed by atoms with van der Waals surface area (Å²) in [6, 6.07) is 2.04. The molecule has 0 heterocycles. The molecule has 0 saturated heterocycles. The minimum Gasteiger partial charge on any atom is -0.355 e. The largest absolute Gasteiger partial charge is 0.355 e. The van der Waals surface area contributed by atoms with Gasteiger partial charge in [0.05, 0.1) is 11.8 Å². The molecule has 0 fully saturated rings. The van der Waals surface area contributed by atoms with Crippen LogP contribution in [0, 0.1) is 16.7 Å². The lowest BCUT2D eigenvalue weighted by Crippen LogP contribution is -2.40. The second-order valence-electron chi connectivity index (χ2n) is 4.14. The summed E-state index contributed by atoms with van der Waals surface area (Å²) in [6.45, 7) is 3.88. The van der Waals surface area contributed by atoms with Gasteiger partial charge < -0.3 is 5.32 Å². The fourth-order valence-corrected chi connectivity index (χ4v) is 2.15. The standard InChI is InChI=1S/C11H20N2O3S/c1-4-11(5-2,9-12)10(14)13-7-6-8-17(3,15)16/h4-8H2,1-3H3,(H,13,14). The molecular weight excluding hydrogens is 240 g/mol. The minimum atomic E-state index is -2.99. The molecule has 0 unspecified atom stereocenters.